The SMILES string of the molecule is Cc1cc(C)nc(NCCCC(=O)Nc2sc3c(c2C#N)CCC3)n1. The minimum atomic E-state index is -0.0560. The van der Waals surface area contributed by atoms with E-state index in [1.54, 1.807) is 11.3 Å². The number of fused-ring (bicyclic) bond motifs is 1. The fourth-order valence-corrected chi connectivity index (χ4v) is 4.31. The number of aryl methyl sites for hydroxylation is 3. The van der Waals surface area contributed by atoms with E-state index in [4.69, 9.17) is 0 Å². The van der Waals surface area contributed by atoms with Gasteiger partial charge in [0.1, 0.15) is 11.1 Å². The summed E-state index contributed by atoms with van der Waals surface area (Å²) in [6.07, 6.45) is 4.14. The molecule has 0 unspecified atom stereocenters. The van der Waals surface area contributed by atoms with Crippen LogP contribution in [0.3, 0.4) is 0 Å². The predicted molar refractivity (Wildman–Crippen MR) is 98.9 cm³/mol. The molecule has 25 heavy (non-hydrogen) atoms. The minimum Gasteiger partial charge on any atom is -0.354 e. The summed E-state index contributed by atoms with van der Waals surface area (Å²) in [5, 5.41) is 16.1. The lowest BCUT2D eigenvalue weighted by Gasteiger charge is -2.07. The van der Waals surface area contributed by atoms with E-state index >= 15 is 0 Å². The first-order chi connectivity index (χ1) is 12.1. The van der Waals surface area contributed by atoms with Crippen LogP contribution in [0.4, 0.5) is 10.9 Å². The van der Waals surface area contributed by atoms with Gasteiger partial charge in [-0.1, -0.05) is 0 Å². The van der Waals surface area contributed by atoms with Gasteiger partial charge in [0.05, 0.1) is 5.56 Å². The molecule has 130 valence electrons. The van der Waals surface area contributed by atoms with E-state index in [0.29, 0.717) is 35.9 Å². The van der Waals surface area contributed by atoms with Gasteiger partial charge in [0, 0.05) is 29.2 Å². The second kappa shape index (κ2) is 7.62. The first-order valence-electron chi connectivity index (χ1n) is 8.47. The maximum atomic E-state index is 12.2. The second-order valence-corrected chi connectivity index (χ2v) is 7.33. The third-order valence-corrected chi connectivity index (χ3v) is 5.34. The zero-order chi connectivity index (χ0) is 17.8. The Morgan fingerprint density at radius 2 is 2.08 bits per heavy atom. The van der Waals surface area contributed by atoms with Crippen LogP contribution in [0.1, 0.15) is 46.7 Å². The van der Waals surface area contributed by atoms with Gasteiger partial charge in [0.15, 0.2) is 0 Å². The molecule has 1 amide bonds. The summed E-state index contributed by atoms with van der Waals surface area (Å²) in [7, 11) is 0. The minimum absolute atomic E-state index is 0.0560. The van der Waals surface area contributed by atoms with Crippen LogP contribution >= 0.6 is 11.3 Å². The highest BCUT2D eigenvalue weighted by Crippen LogP contribution is 2.38. The molecule has 2 aromatic heterocycles. The monoisotopic (exact) mass is 355 g/mol. The van der Waals surface area contributed by atoms with Gasteiger partial charge < -0.3 is 10.6 Å². The molecule has 0 bridgehead atoms. The standard InChI is InChI=1S/C18H21N5OS/c1-11-9-12(2)22-18(21-11)20-8-4-7-16(24)23-17-14(10-19)13-5-3-6-15(13)25-17/h9H,3-8H2,1-2H3,(H,23,24)(H,20,21,22). The third kappa shape index (κ3) is 4.15. The van der Waals surface area contributed by atoms with Crippen LogP contribution in [0.15, 0.2) is 6.07 Å². The molecular formula is C18H21N5OS. The maximum Gasteiger partial charge on any atom is 0.225 e. The summed E-state index contributed by atoms with van der Waals surface area (Å²) < 4.78 is 0. The van der Waals surface area contributed by atoms with Crippen molar-refractivity contribution in [3.8, 4) is 6.07 Å². The molecule has 6 nitrogen and oxygen atoms in total. The Hall–Kier alpha value is -2.46. The molecule has 0 aromatic carbocycles. The average molecular weight is 355 g/mol. The van der Waals surface area contributed by atoms with E-state index in [1.807, 2.05) is 19.9 Å². The molecule has 1 aliphatic carbocycles. The van der Waals surface area contributed by atoms with Crippen LogP contribution in [0, 0.1) is 25.2 Å². The van der Waals surface area contributed by atoms with Crippen molar-refractivity contribution in [2.24, 2.45) is 0 Å². The summed E-state index contributed by atoms with van der Waals surface area (Å²) in [5.74, 6) is 0.541. The van der Waals surface area contributed by atoms with Crippen molar-refractivity contribution in [1.29, 1.82) is 5.26 Å². The lowest BCUT2D eigenvalue weighted by molar-refractivity contribution is -0.116. The molecule has 0 atom stereocenters. The van der Waals surface area contributed by atoms with E-state index < -0.39 is 0 Å². The number of rotatable bonds is 6. The van der Waals surface area contributed by atoms with E-state index in [9.17, 15) is 10.1 Å². The van der Waals surface area contributed by atoms with Gasteiger partial charge in [0.25, 0.3) is 0 Å². The van der Waals surface area contributed by atoms with E-state index in [1.165, 1.54) is 4.88 Å². The number of thiophene rings is 1. The topological polar surface area (TPSA) is 90.7 Å². The number of hydrogen-bond donors (Lipinski definition) is 2. The lowest BCUT2D eigenvalue weighted by atomic mass is 10.1. The van der Waals surface area contributed by atoms with Crippen LogP contribution in [0.2, 0.25) is 0 Å². The number of anilines is 2. The van der Waals surface area contributed by atoms with Crippen LogP contribution in [0.5, 0.6) is 0 Å². The zero-order valence-electron chi connectivity index (χ0n) is 14.5. The Bertz CT molecular complexity index is 816. The summed E-state index contributed by atoms with van der Waals surface area (Å²) >= 11 is 1.55. The van der Waals surface area contributed by atoms with Crippen molar-refractivity contribution in [3.63, 3.8) is 0 Å². The summed E-state index contributed by atoms with van der Waals surface area (Å²) in [5.41, 5.74) is 3.63. The van der Waals surface area contributed by atoms with Gasteiger partial charge in [-0.15, -0.1) is 11.3 Å². The first kappa shape index (κ1) is 17.4. The molecule has 0 aliphatic heterocycles. The van der Waals surface area contributed by atoms with Crippen molar-refractivity contribution < 1.29 is 4.79 Å². The number of aromatic nitrogens is 2. The molecule has 2 N–H and O–H groups in total. The van der Waals surface area contributed by atoms with E-state index in [0.717, 1.165) is 36.2 Å². The van der Waals surface area contributed by atoms with Gasteiger partial charge in [-0.3, -0.25) is 4.79 Å². The van der Waals surface area contributed by atoms with Crippen molar-refractivity contribution in [3.05, 3.63) is 33.5 Å². The molecule has 7 heteroatoms. The first-order valence-corrected chi connectivity index (χ1v) is 9.29. The Morgan fingerprint density at radius 1 is 1.32 bits per heavy atom. The largest absolute Gasteiger partial charge is 0.354 e. The van der Waals surface area contributed by atoms with Crippen molar-refractivity contribution in [1.82, 2.24) is 9.97 Å². The number of carbonyl (C=O) groups excluding carboxylic acids is 1. The number of carbonyl (C=O) groups is 1. The van der Waals surface area contributed by atoms with Gasteiger partial charge in [0.2, 0.25) is 11.9 Å². The molecular weight excluding hydrogens is 334 g/mol. The second-order valence-electron chi connectivity index (χ2n) is 6.23. The Kier molecular flexibility index (Phi) is 5.29. The Morgan fingerprint density at radius 3 is 2.80 bits per heavy atom. The number of nitriles is 1. The zero-order valence-corrected chi connectivity index (χ0v) is 15.3. The molecule has 3 rings (SSSR count). The number of nitrogens with one attached hydrogen (secondary N) is 2. The molecule has 0 spiro atoms. The van der Waals surface area contributed by atoms with Crippen LogP contribution in [-0.4, -0.2) is 22.4 Å². The fraction of sp³-hybridized carbons (Fsp3) is 0.444. The lowest BCUT2D eigenvalue weighted by Crippen LogP contribution is -2.14. The normalized spacial score (nSPS) is 12.5. The molecule has 0 radical (unpaired) electrons. The smallest absolute Gasteiger partial charge is 0.225 e. The molecule has 0 fully saturated rings. The Balaban J connectivity index is 1.48. The molecule has 2 heterocycles. The molecule has 1 aliphatic rings. The van der Waals surface area contributed by atoms with Crippen LogP contribution < -0.4 is 10.6 Å². The highest BCUT2D eigenvalue weighted by Gasteiger charge is 2.22. The quantitative estimate of drug-likeness (QED) is 0.776. The summed E-state index contributed by atoms with van der Waals surface area (Å²) in [4.78, 5) is 22.0. The Labute approximate surface area is 151 Å². The van der Waals surface area contributed by atoms with E-state index in [-0.39, 0.29) is 5.91 Å². The van der Waals surface area contributed by atoms with Crippen molar-refractivity contribution >= 4 is 28.2 Å². The van der Waals surface area contributed by atoms with E-state index in [2.05, 4.69) is 26.7 Å². The number of nitrogens with zero attached hydrogens (tertiary/aromatic N) is 3. The van der Waals surface area contributed by atoms with Crippen LogP contribution in [0.25, 0.3) is 0 Å². The summed E-state index contributed by atoms with van der Waals surface area (Å²) in [6, 6.07) is 4.17. The van der Waals surface area contributed by atoms with Crippen molar-refractivity contribution in [2.75, 3.05) is 17.2 Å². The van der Waals surface area contributed by atoms with Crippen molar-refractivity contribution in [2.45, 2.75) is 46.0 Å². The molecule has 0 saturated carbocycles. The third-order valence-electron chi connectivity index (χ3n) is 4.13. The maximum absolute atomic E-state index is 12.2. The molecule has 0 saturated heterocycles. The average Bonchev–Trinajstić information content (AvgIpc) is 3.11. The predicted octanol–water partition coefficient (Wildman–Crippen LogP) is 3.35. The molecule has 2 aromatic rings. The highest BCUT2D eigenvalue weighted by molar-refractivity contribution is 7.16. The number of amides is 1. The summed E-state index contributed by atoms with van der Waals surface area (Å²) in [6.45, 7) is 4.49. The van der Waals surface area contributed by atoms with Gasteiger partial charge in [-0.05, 0) is 51.2 Å². The van der Waals surface area contributed by atoms with Crippen LogP contribution in [-0.2, 0) is 17.6 Å². The van der Waals surface area contributed by atoms with Gasteiger partial charge >= 0.3 is 0 Å². The number of hydrogen-bond acceptors (Lipinski definition) is 6. The highest BCUT2D eigenvalue weighted by atomic mass is 32.1. The fourth-order valence-electron chi connectivity index (χ4n) is 3.05. The van der Waals surface area contributed by atoms with Gasteiger partial charge in [-0.2, -0.15) is 5.26 Å². The van der Waals surface area contributed by atoms with Gasteiger partial charge in [-0.25, -0.2) is 9.97 Å².